The molecular weight excluding hydrogens is 244 g/mol. The Hall–Kier alpha value is -2.94. The zero-order chi connectivity index (χ0) is 13.2. The predicted octanol–water partition coefficient (Wildman–Crippen LogP) is 2.57. The fourth-order valence-corrected chi connectivity index (χ4v) is 1.66. The summed E-state index contributed by atoms with van der Waals surface area (Å²) in [5.41, 5.74) is 1.88. The molecule has 0 atom stereocenters. The second-order valence-corrected chi connectivity index (χ2v) is 3.90. The van der Waals surface area contributed by atoms with Crippen molar-refractivity contribution in [2.45, 2.75) is 6.92 Å². The predicted molar refractivity (Wildman–Crippen MR) is 64.7 cm³/mol. The van der Waals surface area contributed by atoms with Gasteiger partial charge in [0.2, 0.25) is 5.82 Å². The number of nitrogens with zero attached hydrogens (tertiary/aromatic N) is 4. The lowest BCUT2D eigenvalue weighted by Gasteiger charge is -1.93. The van der Waals surface area contributed by atoms with Crippen LogP contribution in [0.15, 0.2) is 39.6 Å². The molecule has 0 saturated carbocycles. The number of furan rings is 1. The molecule has 92 valence electrons. The molecule has 3 aromatic heterocycles. The lowest BCUT2D eigenvalue weighted by molar-refractivity contribution is 0.429. The van der Waals surface area contributed by atoms with Crippen LogP contribution in [0.25, 0.3) is 23.0 Å². The molecule has 0 aromatic carbocycles. The Morgan fingerprint density at radius 2 is 2.21 bits per heavy atom. The van der Waals surface area contributed by atoms with Gasteiger partial charge in [0.15, 0.2) is 5.76 Å². The Bertz CT molecular complexity index is 767. The van der Waals surface area contributed by atoms with E-state index in [9.17, 15) is 0 Å². The van der Waals surface area contributed by atoms with E-state index in [2.05, 4.69) is 15.1 Å². The Labute approximate surface area is 108 Å². The number of rotatable bonds is 2. The van der Waals surface area contributed by atoms with Gasteiger partial charge < -0.3 is 8.94 Å². The molecule has 0 radical (unpaired) electrons. The molecule has 0 saturated heterocycles. The van der Waals surface area contributed by atoms with Gasteiger partial charge in [-0.2, -0.15) is 10.2 Å². The number of nitriles is 1. The Balaban J connectivity index is 2.02. The van der Waals surface area contributed by atoms with E-state index in [0.717, 1.165) is 5.56 Å². The van der Waals surface area contributed by atoms with E-state index in [4.69, 9.17) is 14.2 Å². The van der Waals surface area contributed by atoms with Gasteiger partial charge in [0.25, 0.3) is 5.89 Å². The molecule has 0 N–H and O–H groups in total. The van der Waals surface area contributed by atoms with E-state index in [-0.39, 0.29) is 0 Å². The van der Waals surface area contributed by atoms with Gasteiger partial charge in [-0.15, -0.1) is 0 Å². The van der Waals surface area contributed by atoms with E-state index in [1.54, 1.807) is 18.4 Å². The van der Waals surface area contributed by atoms with Crippen molar-refractivity contribution in [3.63, 3.8) is 0 Å². The summed E-state index contributed by atoms with van der Waals surface area (Å²) in [4.78, 5) is 8.14. The second kappa shape index (κ2) is 4.38. The third-order valence-corrected chi connectivity index (χ3v) is 2.61. The lowest BCUT2D eigenvalue weighted by atomic mass is 10.2. The van der Waals surface area contributed by atoms with Gasteiger partial charge >= 0.3 is 0 Å². The topological polar surface area (TPSA) is 88.7 Å². The highest BCUT2D eigenvalue weighted by Gasteiger charge is 2.15. The van der Waals surface area contributed by atoms with Crippen molar-refractivity contribution in [3.8, 4) is 29.1 Å². The Morgan fingerprint density at radius 3 is 2.95 bits per heavy atom. The van der Waals surface area contributed by atoms with Gasteiger partial charge in [-0.3, -0.25) is 0 Å². The van der Waals surface area contributed by atoms with E-state index in [0.29, 0.717) is 28.7 Å². The molecule has 3 aromatic rings. The summed E-state index contributed by atoms with van der Waals surface area (Å²) in [7, 11) is 0. The first-order chi connectivity index (χ1) is 9.28. The van der Waals surface area contributed by atoms with E-state index in [1.165, 1.54) is 6.20 Å². The van der Waals surface area contributed by atoms with Crippen molar-refractivity contribution < 1.29 is 8.94 Å². The second-order valence-electron chi connectivity index (χ2n) is 3.90. The highest BCUT2D eigenvalue weighted by Crippen LogP contribution is 2.24. The largest absolute Gasteiger partial charge is 0.461 e. The first kappa shape index (κ1) is 11.2. The summed E-state index contributed by atoms with van der Waals surface area (Å²) in [6, 6.07) is 7.08. The van der Waals surface area contributed by atoms with Crippen LogP contribution in [0.4, 0.5) is 0 Å². The average Bonchev–Trinajstić information content (AvgIpc) is 3.07. The van der Waals surface area contributed by atoms with Gasteiger partial charge in [0.05, 0.1) is 6.26 Å². The van der Waals surface area contributed by atoms with Crippen molar-refractivity contribution in [1.29, 1.82) is 5.26 Å². The lowest BCUT2D eigenvalue weighted by Crippen LogP contribution is -1.84. The molecule has 0 aliphatic rings. The fraction of sp³-hybridized carbons (Fsp3) is 0.0769. The number of aromatic nitrogens is 3. The standard InChI is InChI=1S/C13H8N4O2/c1-8-3-5-18-11(8)12-16-13(19-17-12)9-2-4-15-10(6-9)7-14/h2-6H,1H3. The molecular formula is C13H8N4O2. The van der Waals surface area contributed by atoms with Crippen LogP contribution in [0, 0.1) is 18.3 Å². The highest BCUT2D eigenvalue weighted by molar-refractivity contribution is 5.58. The Morgan fingerprint density at radius 1 is 1.32 bits per heavy atom. The van der Waals surface area contributed by atoms with Crippen LogP contribution in [0.2, 0.25) is 0 Å². The van der Waals surface area contributed by atoms with Gasteiger partial charge in [0.1, 0.15) is 11.8 Å². The number of hydrogen-bond donors (Lipinski definition) is 0. The zero-order valence-electron chi connectivity index (χ0n) is 9.99. The minimum atomic E-state index is 0.298. The monoisotopic (exact) mass is 252 g/mol. The van der Waals surface area contributed by atoms with Gasteiger partial charge in [-0.25, -0.2) is 4.98 Å². The van der Waals surface area contributed by atoms with E-state index >= 15 is 0 Å². The summed E-state index contributed by atoms with van der Waals surface area (Å²) < 4.78 is 10.5. The number of pyridine rings is 1. The minimum absolute atomic E-state index is 0.298. The van der Waals surface area contributed by atoms with Crippen molar-refractivity contribution in [1.82, 2.24) is 15.1 Å². The molecule has 6 nitrogen and oxygen atoms in total. The van der Waals surface area contributed by atoms with E-state index < -0.39 is 0 Å². The zero-order valence-corrected chi connectivity index (χ0v) is 9.99. The molecule has 3 heterocycles. The van der Waals surface area contributed by atoms with Crippen LogP contribution in [0.3, 0.4) is 0 Å². The maximum absolute atomic E-state index is 8.81. The van der Waals surface area contributed by atoms with Crippen LogP contribution in [-0.4, -0.2) is 15.1 Å². The van der Waals surface area contributed by atoms with Crippen LogP contribution < -0.4 is 0 Å². The molecule has 0 unspecified atom stereocenters. The van der Waals surface area contributed by atoms with Crippen LogP contribution in [-0.2, 0) is 0 Å². The van der Waals surface area contributed by atoms with Crippen LogP contribution in [0.1, 0.15) is 11.3 Å². The highest BCUT2D eigenvalue weighted by atomic mass is 16.5. The van der Waals surface area contributed by atoms with Crippen LogP contribution in [0.5, 0.6) is 0 Å². The molecule has 0 aliphatic heterocycles. The molecule has 0 fully saturated rings. The van der Waals surface area contributed by atoms with Crippen molar-refractivity contribution in [2.75, 3.05) is 0 Å². The maximum Gasteiger partial charge on any atom is 0.258 e. The summed E-state index contributed by atoms with van der Waals surface area (Å²) in [5.74, 6) is 1.28. The quantitative estimate of drug-likeness (QED) is 0.696. The maximum atomic E-state index is 8.81. The van der Waals surface area contributed by atoms with Gasteiger partial charge in [-0.1, -0.05) is 5.16 Å². The number of hydrogen-bond acceptors (Lipinski definition) is 6. The summed E-state index contributed by atoms with van der Waals surface area (Å²) >= 11 is 0. The van der Waals surface area contributed by atoms with Crippen molar-refractivity contribution >= 4 is 0 Å². The molecule has 19 heavy (non-hydrogen) atoms. The SMILES string of the molecule is Cc1ccoc1-c1noc(-c2ccnc(C#N)c2)n1. The normalized spacial score (nSPS) is 10.3. The Kier molecular flexibility index (Phi) is 2.58. The first-order valence-electron chi connectivity index (χ1n) is 5.52. The molecule has 6 heteroatoms. The summed E-state index contributed by atoms with van der Waals surface area (Å²) in [5, 5.41) is 12.7. The smallest absolute Gasteiger partial charge is 0.258 e. The third-order valence-electron chi connectivity index (χ3n) is 2.61. The fourth-order valence-electron chi connectivity index (χ4n) is 1.66. The molecule has 0 amide bonds. The number of aryl methyl sites for hydroxylation is 1. The van der Waals surface area contributed by atoms with Crippen molar-refractivity contribution in [2.24, 2.45) is 0 Å². The summed E-state index contributed by atoms with van der Waals surface area (Å²) in [6.07, 6.45) is 3.09. The minimum Gasteiger partial charge on any atom is -0.461 e. The van der Waals surface area contributed by atoms with Gasteiger partial charge in [-0.05, 0) is 30.7 Å². The van der Waals surface area contributed by atoms with Gasteiger partial charge in [0, 0.05) is 11.8 Å². The summed E-state index contributed by atoms with van der Waals surface area (Å²) in [6.45, 7) is 1.90. The van der Waals surface area contributed by atoms with E-state index in [1.807, 2.05) is 19.1 Å². The average molecular weight is 252 g/mol. The van der Waals surface area contributed by atoms with Crippen LogP contribution >= 0.6 is 0 Å². The molecule has 3 rings (SSSR count). The van der Waals surface area contributed by atoms with Crippen molar-refractivity contribution in [3.05, 3.63) is 41.9 Å². The molecule has 0 aliphatic carbocycles. The third kappa shape index (κ3) is 1.98. The molecule has 0 spiro atoms. The molecule has 0 bridgehead atoms. The first-order valence-corrected chi connectivity index (χ1v) is 5.52.